The largest absolute Gasteiger partial charge is 0.392 e. The van der Waals surface area contributed by atoms with Gasteiger partial charge in [-0.25, -0.2) is 0 Å². The third-order valence-corrected chi connectivity index (χ3v) is 1.37. The Hall–Kier alpha value is -0.160. The van der Waals surface area contributed by atoms with E-state index in [0.29, 0.717) is 12.8 Å². The van der Waals surface area contributed by atoms with Gasteiger partial charge >= 0.3 is 0 Å². The number of nitrogens with two attached hydrogens (primary N) is 2. The van der Waals surface area contributed by atoms with Gasteiger partial charge in [0.05, 0.1) is 6.10 Å². The van der Waals surface area contributed by atoms with Crippen LogP contribution in [0.1, 0.15) is 19.8 Å². The highest BCUT2D eigenvalue weighted by Crippen LogP contribution is 2.00. The van der Waals surface area contributed by atoms with Gasteiger partial charge in [-0.15, -0.1) is 0 Å². The zero-order valence-electron chi connectivity index (χ0n) is 6.20. The van der Waals surface area contributed by atoms with E-state index in [0.717, 1.165) is 0 Å². The topological polar surface area (TPSA) is 92.5 Å². The third-order valence-electron chi connectivity index (χ3n) is 1.37. The van der Waals surface area contributed by atoms with E-state index in [1.165, 1.54) is 0 Å². The smallest absolute Gasteiger partial charge is 0.102 e. The average molecular weight is 148 g/mol. The van der Waals surface area contributed by atoms with E-state index >= 15 is 0 Å². The third kappa shape index (κ3) is 4.69. The van der Waals surface area contributed by atoms with Gasteiger partial charge in [-0.2, -0.15) is 0 Å². The SMILES string of the molecule is CC(N)C(O)CCC(N)O. The van der Waals surface area contributed by atoms with Crippen LogP contribution in [-0.2, 0) is 0 Å². The Balaban J connectivity index is 3.30. The fourth-order valence-electron chi connectivity index (χ4n) is 0.604. The minimum absolute atomic E-state index is 0.251. The van der Waals surface area contributed by atoms with E-state index in [4.69, 9.17) is 21.7 Å². The quantitative estimate of drug-likeness (QED) is 0.375. The minimum atomic E-state index is -0.839. The zero-order chi connectivity index (χ0) is 8.15. The molecule has 0 aliphatic carbocycles. The number of rotatable bonds is 4. The molecular formula is C6H16N2O2. The molecule has 0 bridgehead atoms. The Morgan fingerprint density at radius 2 is 1.70 bits per heavy atom. The molecule has 0 aliphatic rings. The van der Waals surface area contributed by atoms with Gasteiger partial charge in [0.25, 0.3) is 0 Å². The molecule has 0 spiro atoms. The summed E-state index contributed by atoms with van der Waals surface area (Å²) in [5.74, 6) is 0. The Kier molecular flexibility index (Phi) is 4.55. The van der Waals surface area contributed by atoms with E-state index < -0.39 is 12.3 Å². The van der Waals surface area contributed by atoms with Crippen molar-refractivity contribution in [2.24, 2.45) is 11.5 Å². The van der Waals surface area contributed by atoms with Crippen LogP contribution >= 0.6 is 0 Å². The highest BCUT2D eigenvalue weighted by Gasteiger charge is 2.09. The van der Waals surface area contributed by atoms with Gasteiger partial charge < -0.3 is 21.7 Å². The standard InChI is InChI=1S/C6H16N2O2/c1-4(7)5(9)2-3-6(8)10/h4-6,9-10H,2-3,7-8H2,1H3. The predicted octanol–water partition coefficient (Wildman–Crippen LogP) is -1.25. The van der Waals surface area contributed by atoms with Crippen molar-refractivity contribution in [1.29, 1.82) is 0 Å². The Morgan fingerprint density at radius 3 is 2.00 bits per heavy atom. The fraction of sp³-hybridized carbons (Fsp3) is 1.00. The van der Waals surface area contributed by atoms with Crippen LogP contribution in [0, 0.1) is 0 Å². The first-order chi connectivity index (χ1) is 4.54. The molecule has 0 radical (unpaired) electrons. The van der Waals surface area contributed by atoms with Crippen molar-refractivity contribution in [1.82, 2.24) is 0 Å². The summed E-state index contributed by atoms with van der Waals surface area (Å²) in [5, 5.41) is 17.7. The van der Waals surface area contributed by atoms with Crippen molar-refractivity contribution in [3.63, 3.8) is 0 Å². The molecule has 62 valence electrons. The molecule has 0 saturated heterocycles. The number of hydrogen-bond acceptors (Lipinski definition) is 4. The maximum atomic E-state index is 9.08. The van der Waals surface area contributed by atoms with E-state index in [2.05, 4.69) is 0 Å². The molecule has 10 heavy (non-hydrogen) atoms. The zero-order valence-corrected chi connectivity index (χ0v) is 6.20. The summed E-state index contributed by atoms with van der Waals surface area (Å²) < 4.78 is 0. The lowest BCUT2D eigenvalue weighted by atomic mass is 10.1. The summed E-state index contributed by atoms with van der Waals surface area (Å²) in [6, 6.07) is -0.251. The lowest BCUT2D eigenvalue weighted by Crippen LogP contribution is -2.33. The first-order valence-electron chi connectivity index (χ1n) is 3.41. The normalized spacial score (nSPS) is 20.1. The molecule has 3 unspecified atom stereocenters. The molecule has 0 aliphatic heterocycles. The van der Waals surface area contributed by atoms with Gasteiger partial charge in [-0.1, -0.05) is 0 Å². The Labute approximate surface area is 60.8 Å². The van der Waals surface area contributed by atoms with Crippen LogP contribution in [0.15, 0.2) is 0 Å². The van der Waals surface area contributed by atoms with Gasteiger partial charge in [0.2, 0.25) is 0 Å². The fourth-order valence-corrected chi connectivity index (χ4v) is 0.604. The van der Waals surface area contributed by atoms with Crippen LogP contribution in [0.25, 0.3) is 0 Å². The molecular weight excluding hydrogens is 132 g/mol. The van der Waals surface area contributed by atoms with Crippen molar-refractivity contribution in [3.8, 4) is 0 Å². The lowest BCUT2D eigenvalue weighted by molar-refractivity contribution is 0.104. The average Bonchev–Trinajstić information content (AvgIpc) is 1.82. The van der Waals surface area contributed by atoms with Crippen LogP contribution < -0.4 is 11.5 Å². The Morgan fingerprint density at radius 1 is 1.20 bits per heavy atom. The van der Waals surface area contributed by atoms with Crippen LogP contribution in [0.4, 0.5) is 0 Å². The van der Waals surface area contributed by atoms with Crippen LogP contribution in [0.2, 0.25) is 0 Å². The van der Waals surface area contributed by atoms with Crippen molar-refractivity contribution in [3.05, 3.63) is 0 Å². The molecule has 0 aromatic rings. The molecule has 4 nitrogen and oxygen atoms in total. The molecule has 0 aromatic carbocycles. The van der Waals surface area contributed by atoms with E-state index in [1.807, 2.05) is 0 Å². The molecule has 0 aromatic heterocycles. The second-order valence-corrected chi connectivity index (χ2v) is 2.57. The van der Waals surface area contributed by atoms with E-state index in [-0.39, 0.29) is 6.04 Å². The summed E-state index contributed by atoms with van der Waals surface area (Å²) in [6.07, 6.45) is -0.551. The van der Waals surface area contributed by atoms with Crippen molar-refractivity contribution < 1.29 is 10.2 Å². The van der Waals surface area contributed by atoms with Gasteiger partial charge in [-0.3, -0.25) is 0 Å². The molecule has 0 heterocycles. The first-order valence-corrected chi connectivity index (χ1v) is 3.41. The van der Waals surface area contributed by atoms with Gasteiger partial charge in [0.15, 0.2) is 0 Å². The van der Waals surface area contributed by atoms with Gasteiger partial charge in [0.1, 0.15) is 6.23 Å². The highest BCUT2D eigenvalue weighted by atomic mass is 16.3. The summed E-state index contributed by atoms with van der Waals surface area (Å²) >= 11 is 0. The predicted molar refractivity (Wildman–Crippen MR) is 39.1 cm³/mol. The summed E-state index contributed by atoms with van der Waals surface area (Å²) in [6.45, 7) is 1.72. The molecule has 0 saturated carbocycles. The molecule has 0 fully saturated rings. The van der Waals surface area contributed by atoms with Crippen molar-refractivity contribution in [2.75, 3.05) is 0 Å². The van der Waals surface area contributed by atoms with Crippen LogP contribution in [0.5, 0.6) is 0 Å². The molecule has 3 atom stereocenters. The van der Waals surface area contributed by atoms with E-state index in [9.17, 15) is 0 Å². The van der Waals surface area contributed by atoms with Gasteiger partial charge in [-0.05, 0) is 19.8 Å². The summed E-state index contributed by atoms with van der Waals surface area (Å²) in [4.78, 5) is 0. The van der Waals surface area contributed by atoms with Crippen molar-refractivity contribution >= 4 is 0 Å². The highest BCUT2D eigenvalue weighted by molar-refractivity contribution is 4.66. The number of hydrogen-bond donors (Lipinski definition) is 4. The van der Waals surface area contributed by atoms with E-state index in [1.54, 1.807) is 6.92 Å². The van der Waals surface area contributed by atoms with Crippen molar-refractivity contribution in [2.45, 2.75) is 38.1 Å². The lowest BCUT2D eigenvalue weighted by Gasteiger charge is -2.14. The molecule has 0 rings (SSSR count). The Bertz CT molecular complexity index is 85.8. The second kappa shape index (κ2) is 4.62. The molecule has 4 heteroatoms. The van der Waals surface area contributed by atoms with Gasteiger partial charge in [0, 0.05) is 6.04 Å². The molecule has 6 N–H and O–H groups in total. The molecule has 0 amide bonds. The van der Waals surface area contributed by atoms with Crippen LogP contribution in [-0.4, -0.2) is 28.6 Å². The maximum absolute atomic E-state index is 9.08. The maximum Gasteiger partial charge on any atom is 0.102 e. The summed E-state index contributed by atoms with van der Waals surface area (Å²) in [5.41, 5.74) is 10.4. The number of aliphatic hydroxyl groups is 2. The minimum Gasteiger partial charge on any atom is -0.392 e. The second-order valence-electron chi connectivity index (χ2n) is 2.57. The number of aliphatic hydroxyl groups excluding tert-OH is 2. The monoisotopic (exact) mass is 148 g/mol. The van der Waals surface area contributed by atoms with Crippen LogP contribution in [0.3, 0.4) is 0 Å². The first kappa shape index (κ1) is 9.84. The summed E-state index contributed by atoms with van der Waals surface area (Å²) in [7, 11) is 0.